The van der Waals surface area contributed by atoms with Crippen LogP contribution in [0.3, 0.4) is 0 Å². The van der Waals surface area contributed by atoms with Crippen LogP contribution in [0, 0.1) is 5.92 Å². The maximum Gasteiger partial charge on any atom is 0.325 e. The van der Waals surface area contributed by atoms with Crippen molar-refractivity contribution in [2.45, 2.75) is 33.0 Å². The molecule has 9 N–H and O–H groups in total. The number of esters is 1. The molecule has 0 bridgehead atoms. The summed E-state index contributed by atoms with van der Waals surface area (Å²) >= 11 is 0. The lowest BCUT2D eigenvalue weighted by Crippen LogP contribution is -2.49. The zero-order valence-corrected chi connectivity index (χ0v) is 28.6. The number of nitrogens with one attached hydrogen (secondary N) is 6. The second kappa shape index (κ2) is 25.2. The smallest absolute Gasteiger partial charge is 0.325 e. The van der Waals surface area contributed by atoms with Crippen molar-refractivity contribution >= 4 is 47.3 Å². The monoisotopic (exact) mass is 701 g/mol. The van der Waals surface area contributed by atoms with Gasteiger partial charge in [-0.3, -0.25) is 38.4 Å². The fourth-order valence-corrected chi connectivity index (χ4v) is 3.69. The molecule has 0 aromatic carbocycles. The molecule has 0 fully saturated rings. The minimum absolute atomic E-state index is 0.148. The highest BCUT2D eigenvalue weighted by atomic mass is 16.6. The lowest BCUT2D eigenvalue weighted by molar-refractivity contribution is -0.147. The molecule has 0 radical (unpaired) electrons. The summed E-state index contributed by atoms with van der Waals surface area (Å²) in [7, 11) is 2.29. The topological polar surface area (TPSA) is 280 Å². The maximum atomic E-state index is 12.8. The highest BCUT2D eigenvalue weighted by Gasteiger charge is 2.23. The largest absolute Gasteiger partial charge is 0.468 e. The quantitative estimate of drug-likeness (QED) is 0.0327. The second-order valence-electron chi connectivity index (χ2n) is 10.5. The molecule has 0 rings (SSSR count). The van der Waals surface area contributed by atoms with Gasteiger partial charge in [0, 0.05) is 19.4 Å². The van der Waals surface area contributed by atoms with Gasteiger partial charge in [0.1, 0.15) is 13.1 Å². The first kappa shape index (κ1) is 44.2. The molecular weight excluding hydrogens is 650 g/mol. The van der Waals surface area contributed by atoms with Gasteiger partial charge in [-0.25, -0.2) is 0 Å². The predicted molar refractivity (Wildman–Crippen MR) is 174 cm³/mol. The minimum Gasteiger partial charge on any atom is -0.468 e. The lowest BCUT2D eigenvalue weighted by atomic mass is 10.0. The molecule has 0 heterocycles. The van der Waals surface area contributed by atoms with E-state index in [2.05, 4.69) is 43.2 Å². The predicted octanol–water partition coefficient (Wildman–Crippen LogP) is -5.14. The van der Waals surface area contributed by atoms with Crippen molar-refractivity contribution in [3.63, 3.8) is 0 Å². The number of hydrogen-bond acceptors (Lipinski definition) is 13. The Bertz CT molecular complexity index is 1150. The fraction of sp³-hybridized carbons (Fsp3) is 0.655. The third-order valence-electron chi connectivity index (χ3n) is 6.82. The van der Waals surface area contributed by atoms with Crippen LogP contribution in [0.2, 0.25) is 0 Å². The van der Waals surface area contributed by atoms with E-state index in [0.29, 0.717) is 12.5 Å². The van der Waals surface area contributed by atoms with Crippen LogP contribution in [-0.4, -0.2) is 155 Å². The Hall–Kier alpha value is -4.82. The van der Waals surface area contributed by atoms with Gasteiger partial charge in [-0.1, -0.05) is 33.3 Å². The molecule has 0 aliphatic rings. The van der Waals surface area contributed by atoms with Crippen molar-refractivity contribution in [3.8, 4) is 0 Å². The van der Waals surface area contributed by atoms with E-state index in [1.54, 1.807) is 0 Å². The Balaban J connectivity index is 4.89. The molecule has 0 aromatic heterocycles. The number of rotatable bonds is 25. The van der Waals surface area contributed by atoms with E-state index in [0.717, 1.165) is 29.8 Å². The number of aliphatic hydroxyl groups is 1. The molecule has 278 valence electrons. The Labute approximate surface area is 285 Å². The van der Waals surface area contributed by atoms with Crippen molar-refractivity contribution in [2.75, 3.05) is 86.2 Å². The molecule has 0 saturated carbocycles. The zero-order chi connectivity index (χ0) is 37.4. The number of amides is 7. The highest BCUT2D eigenvalue weighted by Crippen LogP contribution is 2.04. The molecule has 7 amide bonds. The zero-order valence-electron chi connectivity index (χ0n) is 28.6. The van der Waals surface area contributed by atoms with Crippen molar-refractivity contribution in [1.29, 1.82) is 0 Å². The van der Waals surface area contributed by atoms with Crippen molar-refractivity contribution in [1.82, 2.24) is 41.7 Å². The van der Waals surface area contributed by atoms with E-state index in [1.165, 1.54) is 7.11 Å². The van der Waals surface area contributed by atoms with Crippen LogP contribution in [0.5, 0.6) is 0 Å². The number of hydrogen-bond donors (Lipinski definition) is 8. The first-order valence-electron chi connectivity index (χ1n) is 15.5. The summed E-state index contributed by atoms with van der Waals surface area (Å²) in [5.74, 6) is -4.96. The van der Waals surface area contributed by atoms with Crippen LogP contribution >= 0.6 is 0 Å². The normalized spacial score (nSPS) is 11.0. The third-order valence-corrected chi connectivity index (χ3v) is 6.82. The van der Waals surface area contributed by atoms with E-state index in [1.807, 2.05) is 13.8 Å². The van der Waals surface area contributed by atoms with E-state index in [-0.39, 0.29) is 37.8 Å². The molecule has 0 saturated heterocycles. The van der Waals surface area contributed by atoms with Gasteiger partial charge >= 0.3 is 5.97 Å². The molecule has 0 aliphatic carbocycles. The van der Waals surface area contributed by atoms with Crippen LogP contribution in [0.25, 0.3) is 0 Å². The van der Waals surface area contributed by atoms with E-state index >= 15 is 0 Å². The van der Waals surface area contributed by atoms with Gasteiger partial charge in [0.15, 0.2) is 6.29 Å². The molecule has 1 atom stereocenters. The van der Waals surface area contributed by atoms with Crippen molar-refractivity contribution < 1.29 is 52.9 Å². The first-order chi connectivity index (χ1) is 23.2. The van der Waals surface area contributed by atoms with Gasteiger partial charge in [0.2, 0.25) is 41.4 Å². The molecular formula is C29H51N9O11. The van der Waals surface area contributed by atoms with E-state index in [9.17, 15) is 43.5 Å². The first-order valence-corrected chi connectivity index (χ1v) is 15.5. The summed E-state index contributed by atoms with van der Waals surface area (Å²) in [5, 5.41) is 24.6. The van der Waals surface area contributed by atoms with Gasteiger partial charge in [0.25, 0.3) is 0 Å². The lowest BCUT2D eigenvalue weighted by Gasteiger charge is -2.24. The summed E-state index contributed by atoms with van der Waals surface area (Å²) in [4.78, 5) is 99.3. The molecule has 20 heteroatoms. The van der Waals surface area contributed by atoms with Gasteiger partial charge < -0.3 is 62.0 Å². The molecule has 49 heavy (non-hydrogen) atoms. The second-order valence-corrected chi connectivity index (χ2v) is 10.5. The van der Waals surface area contributed by atoms with Crippen molar-refractivity contribution in [2.24, 2.45) is 11.7 Å². The van der Waals surface area contributed by atoms with Crippen LogP contribution in [0.15, 0.2) is 12.3 Å². The van der Waals surface area contributed by atoms with Crippen LogP contribution in [0.1, 0.15) is 26.7 Å². The minimum atomic E-state index is -1.40. The Kier molecular flexibility index (Phi) is 22.7. The molecule has 0 unspecified atom stereocenters. The van der Waals surface area contributed by atoms with Gasteiger partial charge in [-0.05, 0) is 5.92 Å². The molecule has 20 nitrogen and oxygen atoms in total. The van der Waals surface area contributed by atoms with Crippen LogP contribution in [-0.2, 0) is 47.8 Å². The standard InChI is InChI=1S/C29H51N9O11/c1-6-20(7-2)10-33-22(40)11-34-23(41)12-35-25(43)16-37(17-28(46)48-4)26(44)13-31-19(3)9-32-24(42)15-38(18-29(47)49-5)27(45)14-36-21(39)8-30/h20,29,31,47H,3,6-18,30H2,1-2,4-5H3,(H,32,42)(H,33,40)(H,34,41)(H,35,43)(H,36,39)/t29-/m0/s1. The summed E-state index contributed by atoms with van der Waals surface area (Å²) in [5.41, 5.74) is 5.34. The number of methoxy groups -OCH3 is 2. The number of nitrogens with two attached hydrogens (primary N) is 1. The molecule has 0 aromatic rings. The van der Waals surface area contributed by atoms with Gasteiger partial charge in [0.05, 0.1) is 59.5 Å². The van der Waals surface area contributed by atoms with Gasteiger partial charge in [-0.15, -0.1) is 0 Å². The Morgan fingerprint density at radius 3 is 1.71 bits per heavy atom. The summed E-state index contributed by atoms with van der Waals surface area (Å²) in [6, 6.07) is 0. The fourth-order valence-electron chi connectivity index (χ4n) is 3.69. The number of carbonyl (C=O) groups is 8. The Morgan fingerprint density at radius 1 is 0.673 bits per heavy atom. The van der Waals surface area contributed by atoms with Crippen molar-refractivity contribution in [3.05, 3.63) is 12.3 Å². The third kappa shape index (κ3) is 20.9. The molecule has 0 spiro atoms. The summed E-state index contributed by atoms with van der Waals surface area (Å²) in [6.07, 6.45) is 0.404. The number of ether oxygens (including phenoxy) is 2. The Morgan fingerprint density at radius 2 is 1.16 bits per heavy atom. The van der Waals surface area contributed by atoms with Gasteiger partial charge in [-0.2, -0.15) is 0 Å². The summed E-state index contributed by atoms with van der Waals surface area (Å²) in [6.45, 7) is 3.90. The average molecular weight is 702 g/mol. The number of carbonyl (C=O) groups excluding carboxylic acids is 8. The average Bonchev–Trinajstić information content (AvgIpc) is 3.09. The highest BCUT2D eigenvalue weighted by molar-refractivity contribution is 5.92. The van der Waals surface area contributed by atoms with E-state index in [4.69, 9.17) is 10.5 Å². The molecule has 0 aliphatic heterocycles. The van der Waals surface area contributed by atoms with E-state index < -0.39 is 87.0 Å². The summed E-state index contributed by atoms with van der Waals surface area (Å²) < 4.78 is 9.31. The number of aliphatic hydroxyl groups excluding tert-OH is 1. The van der Waals surface area contributed by atoms with Crippen LogP contribution < -0.4 is 37.6 Å². The van der Waals surface area contributed by atoms with Crippen LogP contribution in [0.4, 0.5) is 0 Å². The SMILES string of the molecule is C=C(CNC(=O)CN(C[C@@H](O)OC)C(=O)CNC(=O)CN)NCC(=O)N(CC(=O)NCC(=O)NCC(=O)NCC(CC)CC)CC(=O)OC. The number of nitrogens with zero attached hydrogens (tertiary/aromatic N) is 2. The maximum absolute atomic E-state index is 12.8.